The molecule has 0 saturated heterocycles. The Hall–Kier alpha value is -3.03. The number of H-pyrrole nitrogens is 2. The molecule has 144 valence electrons. The monoisotopic (exact) mass is 390 g/mol. The molecule has 1 aromatic heterocycles. The van der Waals surface area contributed by atoms with E-state index in [1.807, 2.05) is 30.6 Å². The van der Waals surface area contributed by atoms with Crippen molar-refractivity contribution in [3.05, 3.63) is 54.4 Å². The number of aromatic carboxylic acids is 1. The topological polar surface area (TPSA) is 239 Å². The molecule has 12 heteroatoms. The lowest BCUT2D eigenvalue weighted by Gasteiger charge is -2.08. The molecule has 11 nitrogen and oxygen atoms in total. The molecule has 0 radical (unpaired) electrons. The Morgan fingerprint density at radius 1 is 1.08 bits per heavy atom. The fraction of sp³-hybridized carbons (Fsp3) is 0. The Labute approximate surface area is 147 Å². The zero-order valence-electron chi connectivity index (χ0n) is 13.1. The first kappa shape index (κ1) is 25.2. The molecular weight excluding hydrogens is 372 g/mol. The molecular formula is C14H18N2O9S. The van der Waals surface area contributed by atoms with Crippen LogP contribution in [0.2, 0.25) is 0 Å². The molecule has 10 N–H and O–H groups in total. The van der Waals surface area contributed by atoms with E-state index >= 15 is 0 Å². The van der Waals surface area contributed by atoms with Gasteiger partial charge in [-0.15, -0.1) is 0 Å². The highest BCUT2D eigenvalue weighted by Gasteiger charge is 2.12. The maximum atomic E-state index is 10.5. The highest BCUT2D eigenvalue weighted by molar-refractivity contribution is 7.85. The van der Waals surface area contributed by atoms with Crippen LogP contribution >= 0.6 is 0 Å². The summed E-state index contributed by atoms with van der Waals surface area (Å²) in [5.74, 6) is -2.10. The molecule has 0 aliphatic rings. The molecule has 0 unspecified atom stereocenters. The van der Waals surface area contributed by atoms with Crippen molar-refractivity contribution < 1.29 is 49.4 Å². The predicted molar refractivity (Wildman–Crippen MR) is 88.7 cm³/mol. The molecule has 2 aromatic carbocycles. The van der Waals surface area contributed by atoms with Crippen LogP contribution < -0.4 is 4.98 Å². The lowest BCUT2D eigenvalue weighted by molar-refractivity contribution is -0.344. The molecule has 0 aliphatic carbocycles. The van der Waals surface area contributed by atoms with Crippen molar-refractivity contribution in [3.8, 4) is 5.75 Å². The second-order valence-corrected chi connectivity index (χ2v) is 5.80. The Kier molecular flexibility index (Phi) is 9.77. The van der Waals surface area contributed by atoms with Gasteiger partial charge in [-0.1, -0.05) is 12.1 Å². The van der Waals surface area contributed by atoms with Gasteiger partial charge in [0.2, 0.25) is 6.33 Å². The average Bonchev–Trinajstić information content (AvgIpc) is 2.95. The van der Waals surface area contributed by atoms with Crippen LogP contribution in [0.1, 0.15) is 10.4 Å². The second kappa shape index (κ2) is 10.1. The van der Waals surface area contributed by atoms with Crippen LogP contribution in [-0.2, 0) is 10.1 Å². The molecule has 3 aromatic rings. The van der Waals surface area contributed by atoms with Gasteiger partial charge in [-0.05, 0) is 30.3 Å². The quantitative estimate of drug-likeness (QED) is 0.439. The summed E-state index contributed by atoms with van der Waals surface area (Å²) in [4.78, 5) is 15.9. The predicted octanol–water partition coefficient (Wildman–Crippen LogP) is -1.50. The van der Waals surface area contributed by atoms with Crippen LogP contribution in [0.5, 0.6) is 5.75 Å². The zero-order valence-corrected chi connectivity index (χ0v) is 13.9. The van der Waals surface area contributed by atoms with Crippen LogP contribution in [0.15, 0.2) is 53.7 Å². The van der Waals surface area contributed by atoms with Gasteiger partial charge in [0.25, 0.3) is 0 Å². The molecule has 0 aliphatic heterocycles. The number of nitrogens with one attached hydrogen (secondary N) is 2. The first-order chi connectivity index (χ1) is 10.8. The molecule has 0 amide bonds. The summed E-state index contributed by atoms with van der Waals surface area (Å²) in [6.45, 7) is 0. The molecule has 1 heterocycles. The van der Waals surface area contributed by atoms with Crippen molar-refractivity contribution in [1.82, 2.24) is 4.98 Å². The molecule has 3 rings (SSSR count). The SMILES string of the molecule is O.O.O.O=C(O)c1cc(S(=O)(=O)[O-])ccc1O.c1ccc2[nH+]c[nH]c2c1. The van der Waals surface area contributed by atoms with E-state index in [1.54, 1.807) is 0 Å². The Balaban J connectivity index is 0. The van der Waals surface area contributed by atoms with Crippen molar-refractivity contribution >= 4 is 27.1 Å². The third-order valence-corrected chi connectivity index (χ3v) is 3.70. The Bertz CT molecular complexity index is 924. The number of rotatable bonds is 2. The minimum atomic E-state index is -4.70. The van der Waals surface area contributed by atoms with Gasteiger partial charge >= 0.3 is 5.97 Å². The minimum absolute atomic E-state index is 0. The van der Waals surface area contributed by atoms with E-state index in [2.05, 4.69) is 9.97 Å². The number of aromatic amines is 2. The Morgan fingerprint density at radius 2 is 1.69 bits per heavy atom. The molecule has 0 fully saturated rings. The first-order valence-corrected chi connectivity index (χ1v) is 7.66. The van der Waals surface area contributed by atoms with Crippen molar-refractivity contribution in [2.45, 2.75) is 4.90 Å². The van der Waals surface area contributed by atoms with Gasteiger partial charge in [-0.3, -0.25) is 0 Å². The van der Waals surface area contributed by atoms with E-state index in [4.69, 9.17) is 10.2 Å². The van der Waals surface area contributed by atoms with E-state index in [0.717, 1.165) is 23.2 Å². The summed E-state index contributed by atoms with van der Waals surface area (Å²) in [6, 6.07) is 10.4. The van der Waals surface area contributed by atoms with Crippen molar-refractivity contribution in [3.63, 3.8) is 0 Å². The number of carbonyl (C=O) groups is 1. The van der Waals surface area contributed by atoms with Gasteiger partial charge in [0.15, 0.2) is 11.0 Å². The fourth-order valence-electron chi connectivity index (χ4n) is 1.77. The van der Waals surface area contributed by atoms with Gasteiger partial charge in [0.05, 0.1) is 4.90 Å². The summed E-state index contributed by atoms with van der Waals surface area (Å²) in [7, 11) is -4.70. The normalized spacial score (nSPS) is 9.58. The number of aromatic hydroxyl groups is 1. The minimum Gasteiger partial charge on any atom is -0.744 e. The number of fused-ring (bicyclic) bond motifs is 1. The lowest BCUT2D eigenvalue weighted by atomic mass is 10.2. The number of carboxylic acids is 1. The third-order valence-electron chi connectivity index (χ3n) is 2.87. The number of para-hydroxylation sites is 2. The van der Waals surface area contributed by atoms with Crippen LogP contribution in [0.4, 0.5) is 0 Å². The molecule has 26 heavy (non-hydrogen) atoms. The second-order valence-electron chi connectivity index (χ2n) is 4.42. The summed E-state index contributed by atoms with van der Waals surface area (Å²) < 4.78 is 31.5. The highest BCUT2D eigenvalue weighted by Crippen LogP contribution is 2.20. The molecule has 0 spiro atoms. The molecule has 0 atom stereocenters. The molecule has 0 saturated carbocycles. The summed E-state index contributed by atoms with van der Waals surface area (Å²) in [5.41, 5.74) is 1.68. The fourth-order valence-corrected chi connectivity index (χ4v) is 2.27. The maximum Gasteiger partial charge on any atom is 0.339 e. The highest BCUT2D eigenvalue weighted by atomic mass is 32.2. The summed E-state index contributed by atoms with van der Waals surface area (Å²) in [6.07, 6.45) is 1.82. The maximum absolute atomic E-state index is 10.5. The van der Waals surface area contributed by atoms with Gasteiger partial charge in [-0.25, -0.2) is 23.2 Å². The van der Waals surface area contributed by atoms with Crippen molar-refractivity contribution in [2.75, 3.05) is 0 Å². The van der Waals surface area contributed by atoms with E-state index in [0.29, 0.717) is 6.07 Å². The zero-order chi connectivity index (χ0) is 17.0. The van der Waals surface area contributed by atoms with Crippen LogP contribution in [0.3, 0.4) is 0 Å². The van der Waals surface area contributed by atoms with E-state index in [1.165, 1.54) is 0 Å². The van der Waals surface area contributed by atoms with Crippen molar-refractivity contribution in [1.29, 1.82) is 0 Å². The summed E-state index contributed by atoms with van der Waals surface area (Å²) >= 11 is 0. The number of phenols is 1. The Morgan fingerprint density at radius 3 is 2.23 bits per heavy atom. The van der Waals surface area contributed by atoms with Crippen molar-refractivity contribution in [2.24, 2.45) is 0 Å². The van der Waals surface area contributed by atoms with Crippen LogP contribution in [0.25, 0.3) is 11.0 Å². The van der Waals surface area contributed by atoms with Crippen LogP contribution in [0, 0.1) is 0 Å². The first-order valence-electron chi connectivity index (χ1n) is 6.25. The number of aromatic nitrogens is 2. The average molecular weight is 390 g/mol. The number of carboxylic acid groups (broad SMARTS) is 1. The number of benzene rings is 2. The smallest absolute Gasteiger partial charge is 0.339 e. The van der Waals surface area contributed by atoms with E-state index in [-0.39, 0.29) is 16.4 Å². The molecule has 0 bridgehead atoms. The number of imidazole rings is 1. The van der Waals surface area contributed by atoms with Gasteiger partial charge < -0.3 is 31.2 Å². The third kappa shape index (κ3) is 6.12. The van der Waals surface area contributed by atoms with Crippen LogP contribution in [-0.4, -0.2) is 50.6 Å². The number of hydrogen-bond donors (Lipinski definition) is 3. The summed E-state index contributed by atoms with van der Waals surface area (Å²) in [5, 5.41) is 17.5. The standard InChI is InChI=1S/C7H6N2.C7H6O6S.3H2O/c1-2-4-7-6(3-1)8-5-9-7;8-6-2-1-4(14(11,12)13)3-5(6)7(9)10;;;/h1-5H,(H,8,9);1-3,8H,(H,9,10)(H,11,12,13);3*1H2. The largest absolute Gasteiger partial charge is 0.744 e. The van der Waals surface area contributed by atoms with Gasteiger partial charge in [-0.2, -0.15) is 0 Å². The van der Waals surface area contributed by atoms with E-state index < -0.39 is 32.3 Å². The van der Waals surface area contributed by atoms with Gasteiger partial charge in [0, 0.05) is 0 Å². The van der Waals surface area contributed by atoms with E-state index in [9.17, 15) is 17.8 Å². The van der Waals surface area contributed by atoms with Gasteiger partial charge in [0.1, 0.15) is 21.4 Å². The number of hydrogen-bond acceptors (Lipinski definition) is 5. The lowest BCUT2D eigenvalue weighted by Crippen LogP contribution is -2.02.